The first-order valence-corrected chi connectivity index (χ1v) is 11.3. The summed E-state index contributed by atoms with van der Waals surface area (Å²) < 4.78 is 28.2. The van der Waals surface area contributed by atoms with Gasteiger partial charge in [0, 0.05) is 31.7 Å². The van der Waals surface area contributed by atoms with Crippen molar-refractivity contribution in [3.8, 4) is 0 Å². The van der Waals surface area contributed by atoms with E-state index in [1.807, 2.05) is 32.9 Å². The molecule has 8 nitrogen and oxygen atoms in total. The van der Waals surface area contributed by atoms with Crippen LogP contribution in [-0.2, 0) is 22.7 Å². The Bertz CT molecular complexity index is 880. The molecule has 0 unspecified atom stereocenters. The Morgan fingerprint density at radius 2 is 1.86 bits per heavy atom. The van der Waals surface area contributed by atoms with Crippen LogP contribution in [0, 0.1) is 0 Å². The van der Waals surface area contributed by atoms with Crippen LogP contribution in [0.15, 0.2) is 38.7 Å². The van der Waals surface area contributed by atoms with Gasteiger partial charge in [-0.2, -0.15) is 4.98 Å². The lowest BCUT2D eigenvalue weighted by molar-refractivity contribution is 0.372. The first-order chi connectivity index (χ1) is 13.3. The average molecular weight is 535 g/mol. The predicted molar refractivity (Wildman–Crippen MR) is 125 cm³/mol. The minimum absolute atomic E-state index is 0. The van der Waals surface area contributed by atoms with Gasteiger partial charge in [-0.25, -0.2) is 8.42 Å². The third-order valence-corrected chi connectivity index (χ3v) is 5.13. The van der Waals surface area contributed by atoms with Crippen LogP contribution in [0.2, 0.25) is 0 Å². The lowest BCUT2D eigenvalue weighted by atomic mass is 10.1. The summed E-state index contributed by atoms with van der Waals surface area (Å²) in [6.45, 7) is 8.03. The molecule has 0 aliphatic heterocycles. The Morgan fingerprint density at radius 3 is 2.41 bits per heavy atom. The second-order valence-corrected chi connectivity index (χ2v) is 8.82. The largest absolute Gasteiger partial charge is 0.357 e. The number of halogens is 1. The fraction of sp³-hybridized carbons (Fsp3) is 0.526. The zero-order valence-electron chi connectivity index (χ0n) is 17.3. The van der Waals surface area contributed by atoms with Crippen molar-refractivity contribution in [1.82, 2.24) is 20.8 Å². The highest BCUT2D eigenvalue weighted by atomic mass is 127. The molecule has 0 atom stereocenters. The third-order valence-electron chi connectivity index (χ3n) is 4.00. The van der Waals surface area contributed by atoms with Gasteiger partial charge < -0.3 is 15.2 Å². The van der Waals surface area contributed by atoms with Gasteiger partial charge in [-0.3, -0.25) is 4.99 Å². The standard InChI is InChI=1S/C19H29N5O3S.HI/c1-5-20-19(22-13-11-17-23-18(14(2)3)24-27-17)21-12-10-15-6-8-16(9-7-15)28(4,25)26;/h6-9,14H,5,10-13H2,1-4H3,(H2,20,21,22);1H. The van der Waals surface area contributed by atoms with Crippen LogP contribution in [-0.4, -0.2) is 50.4 Å². The van der Waals surface area contributed by atoms with Gasteiger partial charge in [0.25, 0.3) is 0 Å². The van der Waals surface area contributed by atoms with Gasteiger partial charge >= 0.3 is 0 Å². The average Bonchev–Trinajstić information content (AvgIpc) is 3.11. The summed E-state index contributed by atoms with van der Waals surface area (Å²) in [7, 11) is -3.16. The second kappa shape index (κ2) is 12.1. The maximum Gasteiger partial charge on any atom is 0.228 e. The molecule has 0 bridgehead atoms. The van der Waals surface area contributed by atoms with E-state index in [4.69, 9.17) is 4.52 Å². The molecule has 10 heteroatoms. The van der Waals surface area contributed by atoms with E-state index in [9.17, 15) is 8.42 Å². The number of guanidine groups is 1. The quantitative estimate of drug-likeness (QED) is 0.289. The van der Waals surface area contributed by atoms with Gasteiger partial charge in [0.2, 0.25) is 5.89 Å². The van der Waals surface area contributed by atoms with E-state index >= 15 is 0 Å². The molecule has 29 heavy (non-hydrogen) atoms. The molecule has 2 aromatic rings. The van der Waals surface area contributed by atoms with Crippen molar-refractivity contribution in [2.24, 2.45) is 4.99 Å². The smallest absolute Gasteiger partial charge is 0.228 e. The summed E-state index contributed by atoms with van der Waals surface area (Å²) >= 11 is 0. The summed E-state index contributed by atoms with van der Waals surface area (Å²) in [4.78, 5) is 9.21. The number of nitrogens with zero attached hydrogens (tertiary/aromatic N) is 3. The maximum atomic E-state index is 11.5. The zero-order valence-corrected chi connectivity index (χ0v) is 20.5. The number of sulfone groups is 1. The number of benzene rings is 1. The first-order valence-electron chi connectivity index (χ1n) is 9.43. The van der Waals surface area contributed by atoms with E-state index in [2.05, 4.69) is 25.8 Å². The Morgan fingerprint density at radius 1 is 1.17 bits per heavy atom. The molecule has 1 heterocycles. The van der Waals surface area contributed by atoms with Crippen LogP contribution in [0.3, 0.4) is 0 Å². The van der Waals surface area contributed by atoms with Gasteiger partial charge in [0.15, 0.2) is 21.6 Å². The van der Waals surface area contributed by atoms with Crippen molar-refractivity contribution in [2.75, 3.05) is 25.9 Å². The van der Waals surface area contributed by atoms with Crippen molar-refractivity contribution in [3.63, 3.8) is 0 Å². The van der Waals surface area contributed by atoms with Gasteiger partial charge in [0.05, 0.1) is 11.4 Å². The normalized spacial score (nSPS) is 12.0. The fourth-order valence-electron chi connectivity index (χ4n) is 2.44. The van der Waals surface area contributed by atoms with Crippen LogP contribution in [0.1, 0.15) is 44.0 Å². The molecule has 1 aromatic carbocycles. The summed E-state index contributed by atoms with van der Waals surface area (Å²) in [5.41, 5.74) is 1.06. The molecule has 0 fully saturated rings. The molecule has 0 aliphatic carbocycles. The minimum atomic E-state index is -3.16. The number of nitrogens with one attached hydrogen (secondary N) is 2. The molecule has 1 aromatic heterocycles. The number of hydrogen-bond donors (Lipinski definition) is 2. The molecular formula is C19H30IN5O3S. The van der Waals surface area contributed by atoms with E-state index in [-0.39, 0.29) is 29.9 Å². The van der Waals surface area contributed by atoms with Crippen LogP contribution >= 0.6 is 24.0 Å². The van der Waals surface area contributed by atoms with Gasteiger partial charge in [-0.15, -0.1) is 24.0 Å². The molecule has 2 rings (SSSR count). The van der Waals surface area contributed by atoms with Crippen molar-refractivity contribution >= 4 is 39.8 Å². The highest BCUT2D eigenvalue weighted by Crippen LogP contribution is 2.11. The van der Waals surface area contributed by atoms with E-state index < -0.39 is 9.84 Å². The van der Waals surface area contributed by atoms with Crippen molar-refractivity contribution in [3.05, 3.63) is 41.5 Å². The predicted octanol–water partition coefficient (Wildman–Crippen LogP) is 2.55. The fourth-order valence-corrected chi connectivity index (χ4v) is 3.07. The van der Waals surface area contributed by atoms with Crippen molar-refractivity contribution < 1.29 is 12.9 Å². The van der Waals surface area contributed by atoms with Crippen molar-refractivity contribution in [1.29, 1.82) is 0 Å². The van der Waals surface area contributed by atoms with Gasteiger partial charge in [-0.1, -0.05) is 31.1 Å². The van der Waals surface area contributed by atoms with E-state index in [1.54, 1.807) is 12.1 Å². The zero-order chi connectivity index (χ0) is 20.6. The minimum Gasteiger partial charge on any atom is -0.357 e. The Kier molecular flexibility index (Phi) is 10.6. The lowest BCUT2D eigenvalue weighted by Gasteiger charge is -2.11. The van der Waals surface area contributed by atoms with Crippen LogP contribution in [0.25, 0.3) is 0 Å². The van der Waals surface area contributed by atoms with E-state index in [0.29, 0.717) is 36.1 Å². The SMILES string of the molecule is CCNC(=NCCc1nc(C(C)C)no1)NCCc1ccc(S(C)(=O)=O)cc1.I. The second-order valence-electron chi connectivity index (χ2n) is 6.80. The van der Waals surface area contributed by atoms with Crippen molar-refractivity contribution in [2.45, 2.75) is 44.4 Å². The topological polar surface area (TPSA) is 109 Å². The first kappa shape index (κ1) is 25.3. The van der Waals surface area contributed by atoms with Crippen LogP contribution in [0.5, 0.6) is 0 Å². The maximum absolute atomic E-state index is 11.5. The molecule has 0 radical (unpaired) electrons. The Balaban J connectivity index is 0.00000420. The van der Waals surface area contributed by atoms with E-state index in [1.165, 1.54) is 6.26 Å². The monoisotopic (exact) mass is 535 g/mol. The summed E-state index contributed by atoms with van der Waals surface area (Å²) in [5.74, 6) is 2.27. The summed E-state index contributed by atoms with van der Waals surface area (Å²) in [6.07, 6.45) is 2.56. The Labute approximate surface area is 189 Å². The van der Waals surface area contributed by atoms with Crippen LogP contribution in [0.4, 0.5) is 0 Å². The highest BCUT2D eigenvalue weighted by molar-refractivity contribution is 14.0. The number of hydrogen-bond acceptors (Lipinski definition) is 6. The molecule has 162 valence electrons. The molecule has 0 saturated carbocycles. The summed E-state index contributed by atoms with van der Waals surface area (Å²) in [5, 5.41) is 10.4. The number of aliphatic imine (C=N–C) groups is 1. The number of aromatic nitrogens is 2. The highest BCUT2D eigenvalue weighted by Gasteiger charge is 2.09. The molecule has 0 spiro atoms. The van der Waals surface area contributed by atoms with Gasteiger partial charge in [0.1, 0.15) is 0 Å². The molecular weight excluding hydrogens is 505 g/mol. The van der Waals surface area contributed by atoms with Crippen LogP contribution < -0.4 is 10.6 Å². The molecule has 0 aliphatic rings. The third kappa shape index (κ3) is 8.69. The number of rotatable bonds is 9. The van der Waals surface area contributed by atoms with Gasteiger partial charge in [-0.05, 0) is 31.0 Å². The molecule has 0 amide bonds. The summed E-state index contributed by atoms with van der Waals surface area (Å²) in [6, 6.07) is 6.95. The van der Waals surface area contributed by atoms with E-state index in [0.717, 1.165) is 24.5 Å². The Hall–Kier alpha value is -1.69. The molecule has 2 N–H and O–H groups in total. The lowest BCUT2D eigenvalue weighted by Crippen LogP contribution is -2.38. The molecule has 0 saturated heterocycles.